The molecule has 0 aliphatic heterocycles. The van der Waals surface area contributed by atoms with Crippen molar-refractivity contribution in [1.29, 1.82) is 0 Å². The van der Waals surface area contributed by atoms with Gasteiger partial charge in [-0.1, -0.05) is 0 Å². The van der Waals surface area contributed by atoms with Gasteiger partial charge in [-0.05, 0) is 0 Å². The summed E-state index contributed by atoms with van der Waals surface area (Å²) >= 11 is 0. The molecule has 0 saturated carbocycles. The Bertz CT molecular complexity index is 11.6. The molecule has 5 heteroatoms. The molecule has 1 radical (unpaired) electrons. The first-order chi connectivity index (χ1) is 0. The van der Waals surface area contributed by atoms with Gasteiger partial charge in [-0.2, -0.15) is 0 Å². The van der Waals surface area contributed by atoms with E-state index in [0.717, 1.165) is 0 Å². The molecule has 0 fully saturated rings. The van der Waals surface area contributed by atoms with E-state index in [4.69, 9.17) is 0 Å². The SMILES string of the molecule is [Cu].[Ni].[Pd].[SnH4].[Zn]. The first kappa shape index (κ1) is 42.5. The smallest absolute Gasteiger partial charge is 0 e. The summed E-state index contributed by atoms with van der Waals surface area (Å²) in [6, 6.07) is 0. The van der Waals surface area contributed by atoms with Crippen LogP contribution in [0.15, 0.2) is 0 Å². The number of hydrogen-bond acceptors (Lipinski definition) is 0. The van der Waals surface area contributed by atoms with Crippen LogP contribution in [0.25, 0.3) is 0 Å². The predicted octanol–water partition coefficient (Wildman–Crippen LogP) is -1.46. The van der Waals surface area contributed by atoms with Crippen LogP contribution in [-0.4, -0.2) is 23.9 Å². The Hall–Kier alpha value is 3.10. The maximum absolute atomic E-state index is 0. The normalized spacial score (nSPS) is 0. The molecule has 0 saturated heterocycles. The Balaban J connectivity index is 0. The van der Waals surface area contributed by atoms with Gasteiger partial charge in [0.25, 0.3) is 0 Å². The third-order valence-corrected chi connectivity index (χ3v) is 0. The third-order valence-electron chi connectivity index (χ3n) is 0. The molecule has 0 rings (SSSR count). The van der Waals surface area contributed by atoms with Crippen molar-refractivity contribution in [1.82, 2.24) is 0 Å². The summed E-state index contributed by atoms with van der Waals surface area (Å²) in [7, 11) is 0. The van der Waals surface area contributed by atoms with Gasteiger partial charge in [0, 0.05) is 73.5 Å². The molecule has 0 aromatic rings. The fraction of sp³-hybridized carbons (Fsp3) is 0. The van der Waals surface area contributed by atoms with Crippen LogP contribution < -0.4 is 0 Å². The zero-order chi connectivity index (χ0) is 0. The monoisotopic (exact) mass is 415 g/mol. The Morgan fingerprint density at radius 3 is 1.00 bits per heavy atom. The number of rotatable bonds is 0. The van der Waals surface area contributed by atoms with E-state index in [0.29, 0.717) is 0 Å². The molecule has 0 aliphatic rings. The molecule has 0 aromatic heterocycles. The summed E-state index contributed by atoms with van der Waals surface area (Å²) in [5.74, 6) is 0. The molecule has 0 spiro atoms. The van der Waals surface area contributed by atoms with Crippen LogP contribution in [0.3, 0.4) is 0 Å². The van der Waals surface area contributed by atoms with E-state index in [2.05, 4.69) is 0 Å². The summed E-state index contributed by atoms with van der Waals surface area (Å²) < 4.78 is 0. The summed E-state index contributed by atoms with van der Waals surface area (Å²) in [6.45, 7) is 0. The molecule has 0 nitrogen and oxygen atoms in total. The van der Waals surface area contributed by atoms with E-state index in [1.165, 1.54) is 0 Å². The van der Waals surface area contributed by atoms with Crippen LogP contribution in [-0.2, 0) is 73.5 Å². The Morgan fingerprint density at radius 1 is 1.00 bits per heavy atom. The largest absolute Gasteiger partial charge is 0 e. The standard InChI is InChI=1S/Cu.Ni.Pd.Sn.Zn.4H. The molecule has 5 heavy (non-hydrogen) atoms. The van der Waals surface area contributed by atoms with Gasteiger partial charge in [-0.3, -0.25) is 0 Å². The van der Waals surface area contributed by atoms with Gasteiger partial charge in [0.1, 0.15) is 0 Å². The minimum atomic E-state index is 0. The molecular weight excluding hydrogens is 413 g/mol. The minimum Gasteiger partial charge on any atom is 0 e. The predicted molar refractivity (Wildman–Crippen MR) is 11.3 cm³/mol. The van der Waals surface area contributed by atoms with Gasteiger partial charge in [-0.25, -0.2) is 0 Å². The summed E-state index contributed by atoms with van der Waals surface area (Å²) in [6.07, 6.45) is 0. The molecule has 0 aliphatic carbocycles. The van der Waals surface area contributed by atoms with Crippen LogP contribution in [0.5, 0.6) is 0 Å². The van der Waals surface area contributed by atoms with Crippen molar-refractivity contribution in [3.05, 3.63) is 0 Å². The van der Waals surface area contributed by atoms with Gasteiger partial charge in [0.15, 0.2) is 0 Å². The molecule has 0 heterocycles. The van der Waals surface area contributed by atoms with Crippen molar-refractivity contribution in [3.8, 4) is 0 Å². The van der Waals surface area contributed by atoms with Crippen molar-refractivity contribution >= 4 is 23.9 Å². The molecule has 0 amide bonds. The van der Waals surface area contributed by atoms with E-state index in [-0.39, 0.29) is 97.4 Å². The quantitative estimate of drug-likeness (QED) is 0.424. The summed E-state index contributed by atoms with van der Waals surface area (Å²) in [4.78, 5) is 0. The first-order valence-corrected chi connectivity index (χ1v) is 0. The van der Waals surface area contributed by atoms with Gasteiger partial charge >= 0.3 is 23.9 Å². The topological polar surface area (TPSA) is 0 Å². The van der Waals surface area contributed by atoms with Crippen molar-refractivity contribution in [2.45, 2.75) is 0 Å². The second-order valence-corrected chi connectivity index (χ2v) is 0. The maximum Gasteiger partial charge on any atom is 0 e. The fourth-order valence-electron chi connectivity index (χ4n) is 0. The van der Waals surface area contributed by atoms with E-state index in [1.807, 2.05) is 0 Å². The average Bonchev–Trinajstić information content (AvgIpc) is 0. The van der Waals surface area contributed by atoms with Crippen molar-refractivity contribution in [2.75, 3.05) is 0 Å². The zero-order valence-electron chi connectivity index (χ0n) is 1.64. The Kier molecular flexibility index (Phi) is 234. The van der Waals surface area contributed by atoms with E-state index in [1.54, 1.807) is 0 Å². The minimum absolute atomic E-state index is 0. The van der Waals surface area contributed by atoms with Crippen molar-refractivity contribution in [3.63, 3.8) is 0 Å². The Morgan fingerprint density at radius 2 is 1.00 bits per heavy atom. The van der Waals surface area contributed by atoms with Crippen LogP contribution >= 0.6 is 0 Å². The van der Waals surface area contributed by atoms with Gasteiger partial charge < -0.3 is 0 Å². The van der Waals surface area contributed by atoms with Crippen LogP contribution in [0.2, 0.25) is 0 Å². The zero-order valence-corrected chi connectivity index (χ0v) is 8.09. The maximum atomic E-state index is 0. The van der Waals surface area contributed by atoms with E-state index in [9.17, 15) is 0 Å². The molecule has 0 bridgehead atoms. The van der Waals surface area contributed by atoms with Gasteiger partial charge in [0.2, 0.25) is 0 Å². The second-order valence-electron chi connectivity index (χ2n) is 0. The molecule has 0 N–H and O–H groups in total. The molecule has 0 atom stereocenters. The van der Waals surface area contributed by atoms with E-state index >= 15 is 0 Å². The Labute approximate surface area is 95.8 Å². The van der Waals surface area contributed by atoms with Crippen molar-refractivity contribution in [2.24, 2.45) is 0 Å². The van der Waals surface area contributed by atoms with Crippen LogP contribution in [0.4, 0.5) is 0 Å². The third kappa shape index (κ3) is 19.2. The summed E-state index contributed by atoms with van der Waals surface area (Å²) in [5.41, 5.74) is 0. The number of hydrogen-bond donors (Lipinski definition) is 0. The molecule has 0 unspecified atom stereocenters. The first-order valence-electron chi connectivity index (χ1n) is 0. The fourth-order valence-corrected chi connectivity index (χ4v) is 0. The van der Waals surface area contributed by atoms with Gasteiger partial charge in [0.05, 0.1) is 0 Å². The van der Waals surface area contributed by atoms with Crippen LogP contribution in [0.1, 0.15) is 0 Å². The van der Waals surface area contributed by atoms with E-state index < -0.39 is 0 Å². The van der Waals surface area contributed by atoms with Crippen LogP contribution in [0, 0.1) is 0 Å². The molecular formula is H4CuNiPdSnZn. The summed E-state index contributed by atoms with van der Waals surface area (Å²) in [5, 5.41) is 0. The van der Waals surface area contributed by atoms with Crippen molar-refractivity contribution < 1.29 is 73.5 Å². The van der Waals surface area contributed by atoms with Gasteiger partial charge in [-0.15, -0.1) is 0 Å². The average molecular weight is 417 g/mol. The molecule has 41 valence electrons. The second kappa shape index (κ2) is 27.5. The molecule has 0 aromatic carbocycles.